The van der Waals surface area contributed by atoms with Crippen molar-refractivity contribution in [3.05, 3.63) is 0 Å². The molecule has 1 fully saturated rings. The zero-order valence-corrected chi connectivity index (χ0v) is 6.10. The average Bonchev–Trinajstić information content (AvgIpc) is 1.80. The van der Waals surface area contributed by atoms with E-state index in [0.717, 1.165) is 13.0 Å². The van der Waals surface area contributed by atoms with E-state index in [1.165, 1.54) is 0 Å². The van der Waals surface area contributed by atoms with Gasteiger partial charge in [0.05, 0.1) is 0 Å². The first-order valence-electron chi connectivity index (χ1n) is 3.53. The summed E-state index contributed by atoms with van der Waals surface area (Å²) in [7, 11) is 1.97. The van der Waals surface area contributed by atoms with Gasteiger partial charge in [-0.25, -0.2) is 4.39 Å². The summed E-state index contributed by atoms with van der Waals surface area (Å²) >= 11 is 0. The smallest absolute Gasteiger partial charge is 0.115 e. The van der Waals surface area contributed by atoms with E-state index in [2.05, 4.69) is 0 Å². The van der Waals surface area contributed by atoms with Gasteiger partial charge in [-0.15, -0.1) is 0 Å². The Kier molecular flexibility index (Phi) is 2.06. The highest BCUT2D eigenvalue weighted by atomic mass is 19.1. The Morgan fingerprint density at radius 3 is 2.67 bits per heavy atom. The topological polar surface area (TPSA) is 3.24 Å². The fourth-order valence-corrected chi connectivity index (χ4v) is 1.17. The van der Waals surface area contributed by atoms with Crippen LogP contribution in [-0.2, 0) is 0 Å². The third-order valence-electron chi connectivity index (χ3n) is 2.07. The largest absolute Gasteiger partial charge is 0.303 e. The Balaban J connectivity index is 2.35. The van der Waals surface area contributed by atoms with E-state index in [9.17, 15) is 4.39 Å². The van der Waals surface area contributed by atoms with Gasteiger partial charge in [0.15, 0.2) is 0 Å². The highest BCUT2D eigenvalue weighted by Gasteiger charge is 2.22. The third-order valence-corrected chi connectivity index (χ3v) is 2.07. The molecule has 0 aromatic heterocycles. The zero-order valence-electron chi connectivity index (χ0n) is 6.10. The second-order valence-corrected chi connectivity index (χ2v) is 3.04. The van der Waals surface area contributed by atoms with Crippen molar-refractivity contribution in [1.29, 1.82) is 0 Å². The van der Waals surface area contributed by atoms with Crippen LogP contribution in [0.1, 0.15) is 13.3 Å². The van der Waals surface area contributed by atoms with Crippen LogP contribution >= 0.6 is 0 Å². The second-order valence-electron chi connectivity index (χ2n) is 3.04. The van der Waals surface area contributed by atoms with Gasteiger partial charge in [0.1, 0.15) is 6.17 Å². The number of hydrogen-bond acceptors (Lipinski definition) is 1. The predicted octanol–water partition coefficient (Wildman–Crippen LogP) is 1.30. The average molecular weight is 131 g/mol. The molecule has 1 nitrogen and oxygen atoms in total. The fourth-order valence-electron chi connectivity index (χ4n) is 1.17. The van der Waals surface area contributed by atoms with Crippen molar-refractivity contribution in [1.82, 2.24) is 4.90 Å². The van der Waals surface area contributed by atoms with Gasteiger partial charge in [-0.3, -0.25) is 0 Å². The van der Waals surface area contributed by atoms with E-state index >= 15 is 0 Å². The molecule has 1 aliphatic rings. The lowest BCUT2D eigenvalue weighted by Gasteiger charge is -2.29. The minimum absolute atomic E-state index is 0.279. The Morgan fingerprint density at radius 1 is 1.56 bits per heavy atom. The number of piperidine rings is 1. The number of hydrogen-bond donors (Lipinski definition) is 0. The zero-order chi connectivity index (χ0) is 6.85. The number of rotatable bonds is 0. The van der Waals surface area contributed by atoms with Gasteiger partial charge in [0.2, 0.25) is 0 Å². The molecule has 0 aromatic rings. The molecule has 2 heteroatoms. The van der Waals surface area contributed by atoms with Crippen LogP contribution in [0, 0.1) is 5.92 Å². The van der Waals surface area contributed by atoms with Crippen LogP contribution in [0.5, 0.6) is 0 Å². The van der Waals surface area contributed by atoms with Crippen molar-refractivity contribution >= 4 is 0 Å². The minimum atomic E-state index is -0.594. The summed E-state index contributed by atoms with van der Waals surface area (Å²) in [6.07, 6.45) is 0.418. The molecule has 0 saturated carbocycles. The lowest BCUT2D eigenvalue weighted by Crippen LogP contribution is -2.38. The number of halogens is 1. The lowest BCUT2D eigenvalue weighted by molar-refractivity contribution is 0.112. The summed E-state index contributed by atoms with van der Waals surface area (Å²) in [6.45, 7) is 3.67. The molecule has 1 saturated heterocycles. The van der Waals surface area contributed by atoms with Crippen LogP contribution in [0.3, 0.4) is 0 Å². The normalized spacial score (nSPS) is 39.0. The molecule has 2 atom stereocenters. The first-order chi connectivity index (χ1) is 4.20. The van der Waals surface area contributed by atoms with E-state index in [1.807, 2.05) is 18.9 Å². The van der Waals surface area contributed by atoms with Crippen molar-refractivity contribution in [2.24, 2.45) is 5.92 Å². The van der Waals surface area contributed by atoms with Crippen LogP contribution in [0.15, 0.2) is 0 Å². The number of nitrogens with zero attached hydrogens (tertiary/aromatic N) is 1. The summed E-state index contributed by atoms with van der Waals surface area (Å²) in [6, 6.07) is 0. The molecular weight excluding hydrogens is 117 g/mol. The Bertz CT molecular complexity index is 94.9. The maximum atomic E-state index is 12.8. The molecule has 0 aromatic carbocycles. The van der Waals surface area contributed by atoms with Crippen LogP contribution < -0.4 is 0 Å². The maximum Gasteiger partial charge on any atom is 0.115 e. The van der Waals surface area contributed by atoms with Gasteiger partial charge in [0, 0.05) is 6.54 Å². The van der Waals surface area contributed by atoms with Crippen molar-refractivity contribution in [2.75, 3.05) is 20.1 Å². The van der Waals surface area contributed by atoms with Gasteiger partial charge in [-0.05, 0) is 25.9 Å². The maximum absolute atomic E-state index is 12.8. The molecule has 9 heavy (non-hydrogen) atoms. The van der Waals surface area contributed by atoms with Crippen molar-refractivity contribution < 1.29 is 4.39 Å². The van der Waals surface area contributed by atoms with Crippen LogP contribution in [-0.4, -0.2) is 31.2 Å². The fraction of sp³-hybridized carbons (Fsp3) is 1.00. The molecule has 0 bridgehead atoms. The van der Waals surface area contributed by atoms with E-state index in [0.29, 0.717) is 6.54 Å². The highest BCUT2D eigenvalue weighted by molar-refractivity contribution is 4.74. The minimum Gasteiger partial charge on any atom is -0.303 e. The molecule has 1 unspecified atom stereocenters. The van der Waals surface area contributed by atoms with Gasteiger partial charge in [-0.1, -0.05) is 6.92 Å². The number of alkyl halides is 1. The summed E-state index contributed by atoms with van der Waals surface area (Å²) in [5.74, 6) is 0.279. The van der Waals surface area contributed by atoms with Crippen molar-refractivity contribution in [3.8, 4) is 0 Å². The molecule has 1 rings (SSSR count). The van der Waals surface area contributed by atoms with Gasteiger partial charge in [-0.2, -0.15) is 0 Å². The highest BCUT2D eigenvalue weighted by Crippen LogP contribution is 2.17. The monoisotopic (exact) mass is 131 g/mol. The van der Waals surface area contributed by atoms with Crippen LogP contribution in [0.2, 0.25) is 0 Å². The van der Waals surface area contributed by atoms with E-state index in [1.54, 1.807) is 0 Å². The molecular formula is C7H14FN. The second kappa shape index (κ2) is 2.65. The molecule has 0 N–H and O–H groups in total. The van der Waals surface area contributed by atoms with Crippen LogP contribution in [0.4, 0.5) is 4.39 Å². The summed E-state index contributed by atoms with van der Waals surface area (Å²) in [5, 5.41) is 0. The molecule has 0 aliphatic carbocycles. The lowest BCUT2D eigenvalue weighted by atomic mass is 9.98. The molecule has 0 spiro atoms. The van der Waals surface area contributed by atoms with Gasteiger partial charge < -0.3 is 4.90 Å². The molecule has 1 aliphatic heterocycles. The Morgan fingerprint density at radius 2 is 2.22 bits per heavy atom. The van der Waals surface area contributed by atoms with Crippen molar-refractivity contribution in [2.45, 2.75) is 19.5 Å². The first kappa shape index (κ1) is 7.00. The third kappa shape index (κ3) is 1.65. The molecule has 1 heterocycles. The number of likely N-dealkylation sites (tertiary alicyclic amines) is 1. The molecule has 0 radical (unpaired) electrons. The molecule has 0 amide bonds. The quantitative estimate of drug-likeness (QED) is 0.479. The Hall–Kier alpha value is -0.110. The summed E-state index contributed by atoms with van der Waals surface area (Å²) < 4.78 is 12.8. The standard InChI is InChI=1S/C7H14FN/c1-6-3-4-9(2)5-7(6)8/h6-7H,3-5H2,1-2H3/t6-,7?/m1/s1. The van der Waals surface area contributed by atoms with Gasteiger partial charge >= 0.3 is 0 Å². The SMILES string of the molecule is C[C@@H]1CCN(C)CC1F. The van der Waals surface area contributed by atoms with E-state index in [4.69, 9.17) is 0 Å². The van der Waals surface area contributed by atoms with Crippen LogP contribution in [0.25, 0.3) is 0 Å². The predicted molar refractivity (Wildman–Crippen MR) is 36.2 cm³/mol. The van der Waals surface area contributed by atoms with E-state index in [-0.39, 0.29) is 5.92 Å². The first-order valence-corrected chi connectivity index (χ1v) is 3.53. The van der Waals surface area contributed by atoms with E-state index < -0.39 is 6.17 Å². The molecule has 54 valence electrons. The van der Waals surface area contributed by atoms with Gasteiger partial charge in [0.25, 0.3) is 0 Å². The summed E-state index contributed by atoms with van der Waals surface area (Å²) in [5.41, 5.74) is 0. The Labute approximate surface area is 55.8 Å². The van der Waals surface area contributed by atoms with Crippen molar-refractivity contribution in [3.63, 3.8) is 0 Å². The summed E-state index contributed by atoms with van der Waals surface area (Å²) in [4.78, 5) is 2.05.